The van der Waals surface area contributed by atoms with Gasteiger partial charge in [0.25, 0.3) is 0 Å². The summed E-state index contributed by atoms with van der Waals surface area (Å²) in [6, 6.07) is 6.10. The van der Waals surface area contributed by atoms with Crippen molar-refractivity contribution in [2.75, 3.05) is 0 Å². The van der Waals surface area contributed by atoms with E-state index < -0.39 is 5.60 Å². The first-order chi connectivity index (χ1) is 10.2. The second kappa shape index (κ2) is 6.87. The third-order valence-corrected chi connectivity index (χ3v) is 4.15. The minimum atomic E-state index is -0.469. The van der Waals surface area contributed by atoms with Crippen molar-refractivity contribution >= 4 is 22.0 Å². The number of rotatable bonds is 4. The van der Waals surface area contributed by atoms with E-state index in [9.17, 15) is 9.90 Å². The van der Waals surface area contributed by atoms with Gasteiger partial charge >= 0.3 is 6.09 Å². The van der Waals surface area contributed by atoms with Gasteiger partial charge in [-0.15, -0.1) is 0 Å². The number of halogens is 1. The molecule has 0 unspecified atom stereocenters. The SMILES string of the molecule is CC(C)(C)OC(=O)NC1CC(NCc2cccc(Br)c2O)C1. The summed E-state index contributed by atoms with van der Waals surface area (Å²) in [4.78, 5) is 11.6. The molecular weight excluding hydrogens is 348 g/mol. The maximum absolute atomic E-state index is 11.6. The van der Waals surface area contributed by atoms with Gasteiger partial charge in [-0.3, -0.25) is 0 Å². The average Bonchev–Trinajstić information content (AvgIpc) is 2.34. The Morgan fingerprint density at radius 2 is 2.05 bits per heavy atom. The molecule has 1 saturated carbocycles. The second-order valence-electron chi connectivity index (χ2n) is 6.64. The summed E-state index contributed by atoms with van der Waals surface area (Å²) in [5.41, 5.74) is 0.391. The minimum absolute atomic E-state index is 0.156. The molecule has 3 N–H and O–H groups in total. The summed E-state index contributed by atoms with van der Waals surface area (Å²) in [6.45, 7) is 6.15. The first kappa shape index (κ1) is 17.1. The number of amides is 1. The molecule has 0 bridgehead atoms. The standard InChI is InChI=1S/C16H23BrN2O3/c1-16(2,3)22-15(21)19-12-7-11(8-12)18-9-10-5-4-6-13(17)14(10)20/h4-6,11-12,18,20H,7-9H2,1-3H3,(H,19,21). The Bertz CT molecular complexity index is 537. The molecule has 5 nitrogen and oxygen atoms in total. The van der Waals surface area contributed by atoms with Crippen LogP contribution < -0.4 is 10.6 Å². The van der Waals surface area contributed by atoms with Crippen LogP contribution in [-0.2, 0) is 11.3 Å². The molecule has 1 amide bonds. The van der Waals surface area contributed by atoms with Crippen LogP contribution in [0, 0.1) is 0 Å². The Hall–Kier alpha value is -1.27. The fourth-order valence-electron chi connectivity index (χ4n) is 2.33. The highest BCUT2D eigenvalue weighted by Gasteiger charge is 2.31. The normalized spacial score (nSPS) is 21.1. The molecule has 0 aliphatic heterocycles. The number of ether oxygens (including phenoxy) is 1. The molecule has 2 rings (SSSR count). The van der Waals surface area contributed by atoms with Crippen LogP contribution in [0.5, 0.6) is 5.75 Å². The molecule has 1 fully saturated rings. The molecule has 0 radical (unpaired) electrons. The average molecular weight is 371 g/mol. The smallest absolute Gasteiger partial charge is 0.407 e. The molecule has 1 aromatic rings. The maximum Gasteiger partial charge on any atom is 0.407 e. The molecule has 0 heterocycles. The molecule has 0 saturated heterocycles. The fraction of sp³-hybridized carbons (Fsp3) is 0.562. The molecule has 6 heteroatoms. The zero-order valence-electron chi connectivity index (χ0n) is 13.1. The predicted octanol–water partition coefficient (Wildman–Crippen LogP) is 3.30. The number of phenolic OH excluding ortho intramolecular Hbond substituents is 1. The van der Waals surface area contributed by atoms with Crippen molar-refractivity contribution in [3.05, 3.63) is 28.2 Å². The van der Waals surface area contributed by atoms with E-state index in [4.69, 9.17) is 4.74 Å². The predicted molar refractivity (Wildman–Crippen MR) is 88.8 cm³/mol. The zero-order chi connectivity index (χ0) is 16.3. The Kier molecular flexibility index (Phi) is 5.34. The molecule has 122 valence electrons. The first-order valence-corrected chi connectivity index (χ1v) is 8.23. The van der Waals surface area contributed by atoms with E-state index in [1.165, 1.54) is 0 Å². The summed E-state index contributed by atoms with van der Waals surface area (Å²) in [6.07, 6.45) is 1.38. The van der Waals surface area contributed by atoms with Gasteiger partial charge in [-0.2, -0.15) is 0 Å². The quantitative estimate of drug-likeness (QED) is 0.760. The van der Waals surface area contributed by atoms with E-state index in [-0.39, 0.29) is 17.9 Å². The summed E-state index contributed by atoms with van der Waals surface area (Å²) in [7, 11) is 0. The highest BCUT2D eigenvalue weighted by atomic mass is 79.9. The number of hydrogen-bond acceptors (Lipinski definition) is 4. The Labute approximate surface area is 139 Å². The molecule has 1 aromatic carbocycles. The van der Waals surface area contributed by atoms with Crippen molar-refractivity contribution in [3.8, 4) is 5.75 Å². The van der Waals surface area contributed by atoms with Crippen LogP contribution >= 0.6 is 15.9 Å². The maximum atomic E-state index is 11.6. The number of alkyl carbamates (subject to hydrolysis) is 1. The van der Waals surface area contributed by atoms with Gasteiger partial charge in [0.05, 0.1) is 4.47 Å². The van der Waals surface area contributed by atoms with Gasteiger partial charge < -0.3 is 20.5 Å². The number of nitrogens with one attached hydrogen (secondary N) is 2. The van der Waals surface area contributed by atoms with E-state index in [0.717, 1.165) is 18.4 Å². The summed E-state index contributed by atoms with van der Waals surface area (Å²) in [5.74, 6) is 0.276. The molecular formula is C16H23BrN2O3. The topological polar surface area (TPSA) is 70.6 Å². The first-order valence-electron chi connectivity index (χ1n) is 7.44. The second-order valence-corrected chi connectivity index (χ2v) is 7.49. The number of phenols is 1. The van der Waals surface area contributed by atoms with Crippen LogP contribution in [0.3, 0.4) is 0 Å². The Balaban J connectivity index is 1.69. The van der Waals surface area contributed by atoms with Crippen molar-refractivity contribution < 1.29 is 14.6 Å². The Morgan fingerprint density at radius 3 is 2.68 bits per heavy atom. The van der Waals surface area contributed by atoms with Crippen LogP contribution in [0.25, 0.3) is 0 Å². The minimum Gasteiger partial charge on any atom is -0.506 e. The highest BCUT2D eigenvalue weighted by Crippen LogP contribution is 2.28. The van der Waals surface area contributed by atoms with Gasteiger partial charge in [-0.1, -0.05) is 12.1 Å². The van der Waals surface area contributed by atoms with Gasteiger partial charge in [-0.25, -0.2) is 4.79 Å². The monoisotopic (exact) mass is 370 g/mol. The van der Waals surface area contributed by atoms with Gasteiger partial charge in [-0.05, 0) is 55.6 Å². The van der Waals surface area contributed by atoms with E-state index >= 15 is 0 Å². The Morgan fingerprint density at radius 1 is 1.36 bits per heavy atom. The van der Waals surface area contributed by atoms with Crippen molar-refractivity contribution in [1.29, 1.82) is 0 Å². The summed E-state index contributed by atoms with van der Waals surface area (Å²) < 4.78 is 5.93. The lowest BCUT2D eigenvalue weighted by Crippen LogP contribution is -2.52. The van der Waals surface area contributed by atoms with Crippen molar-refractivity contribution in [1.82, 2.24) is 10.6 Å². The zero-order valence-corrected chi connectivity index (χ0v) is 14.7. The molecule has 1 aliphatic carbocycles. The summed E-state index contributed by atoms with van der Waals surface area (Å²) >= 11 is 3.31. The third-order valence-electron chi connectivity index (χ3n) is 3.51. The largest absolute Gasteiger partial charge is 0.506 e. The number of benzene rings is 1. The molecule has 1 aliphatic rings. The van der Waals surface area contributed by atoms with E-state index in [1.807, 2.05) is 39.0 Å². The molecule has 0 spiro atoms. The lowest BCUT2D eigenvalue weighted by molar-refractivity contribution is 0.0465. The van der Waals surface area contributed by atoms with Gasteiger partial charge in [0, 0.05) is 24.2 Å². The van der Waals surface area contributed by atoms with Crippen LogP contribution in [0.15, 0.2) is 22.7 Å². The number of para-hydroxylation sites is 1. The van der Waals surface area contributed by atoms with Crippen LogP contribution in [0.1, 0.15) is 39.2 Å². The fourth-order valence-corrected chi connectivity index (χ4v) is 2.74. The van der Waals surface area contributed by atoms with Gasteiger partial charge in [0.15, 0.2) is 0 Å². The lowest BCUT2D eigenvalue weighted by atomic mass is 9.86. The number of carbonyl (C=O) groups is 1. The van der Waals surface area contributed by atoms with Crippen LogP contribution in [-0.4, -0.2) is 28.9 Å². The highest BCUT2D eigenvalue weighted by molar-refractivity contribution is 9.10. The van der Waals surface area contributed by atoms with Crippen LogP contribution in [0.4, 0.5) is 4.79 Å². The summed E-state index contributed by atoms with van der Waals surface area (Å²) in [5, 5.41) is 16.2. The van der Waals surface area contributed by atoms with Gasteiger partial charge in [0.2, 0.25) is 0 Å². The lowest BCUT2D eigenvalue weighted by Gasteiger charge is -2.36. The number of hydrogen-bond donors (Lipinski definition) is 3. The third kappa shape index (κ3) is 4.88. The molecule has 22 heavy (non-hydrogen) atoms. The van der Waals surface area contributed by atoms with Crippen molar-refractivity contribution in [2.24, 2.45) is 0 Å². The van der Waals surface area contributed by atoms with E-state index in [0.29, 0.717) is 17.1 Å². The van der Waals surface area contributed by atoms with E-state index in [1.54, 1.807) is 0 Å². The van der Waals surface area contributed by atoms with Crippen molar-refractivity contribution in [2.45, 2.75) is 57.8 Å². The van der Waals surface area contributed by atoms with E-state index in [2.05, 4.69) is 26.6 Å². The number of carbonyl (C=O) groups excluding carboxylic acids is 1. The molecule has 0 aromatic heterocycles. The van der Waals surface area contributed by atoms with Crippen LogP contribution in [0.2, 0.25) is 0 Å². The number of aromatic hydroxyl groups is 1. The van der Waals surface area contributed by atoms with Gasteiger partial charge in [0.1, 0.15) is 11.4 Å². The van der Waals surface area contributed by atoms with Crippen molar-refractivity contribution in [3.63, 3.8) is 0 Å². The molecule has 0 atom stereocenters.